The molecule has 1 N–H and O–H groups in total. The van der Waals surface area contributed by atoms with Gasteiger partial charge >= 0.3 is 5.97 Å². The summed E-state index contributed by atoms with van der Waals surface area (Å²) in [7, 11) is 0. The number of amides is 3. The number of esters is 1. The van der Waals surface area contributed by atoms with Gasteiger partial charge in [-0.1, -0.05) is 25.0 Å². The first-order valence-corrected chi connectivity index (χ1v) is 9.02. The minimum Gasteiger partial charge on any atom is -0.456 e. The normalized spacial score (nSPS) is 21.7. The van der Waals surface area contributed by atoms with Crippen LogP contribution in [-0.2, 0) is 23.9 Å². The van der Waals surface area contributed by atoms with Gasteiger partial charge in [-0.3, -0.25) is 24.1 Å². The second-order valence-corrected chi connectivity index (χ2v) is 6.76. The number of fused-ring (bicyclic) bond motifs is 1. The van der Waals surface area contributed by atoms with E-state index in [-0.39, 0.29) is 42.3 Å². The molecule has 8 heteroatoms. The number of imide groups is 1. The zero-order chi connectivity index (χ0) is 19.4. The molecule has 2 aliphatic rings. The van der Waals surface area contributed by atoms with Crippen LogP contribution in [0.5, 0.6) is 0 Å². The van der Waals surface area contributed by atoms with Crippen LogP contribution in [0.15, 0.2) is 24.3 Å². The zero-order valence-corrected chi connectivity index (χ0v) is 14.8. The van der Waals surface area contributed by atoms with Crippen molar-refractivity contribution in [1.82, 2.24) is 4.90 Å². The Labute approximate surface area is 155 Å². The van der Waals surface area contributed by atoms with Gasteiger partial charge in [-0.25, -0.2) is 4.39 Å². The van der Waals surface area contributed by atoms with Crippen molar-refractivity contribution in [2.45, 2.75) is 32.1 Å². The van der Waals surface area contributed by atoms with Gasteiger partial charge in [-0.05, 0) is 25.0 Å². The Morgan fingerprint density at radius 2 is 1.74 bits per heavy atom. The van der Waals surface area contributed by atoms with E-state index in [4.69, 9.17) is 4.74 Å². The molecule has 1 saturated heterocycles. The first-order chi connectivity index (χ1) is 13.0. The smallest absolute Gasteiger partial charge is 0.308 e. The van der Waals surface area contributed by atoms with E-state index in [1.807, 2.05) is 0 Å². The molecule has 7 nitrogen and oxygen atoms in total. The molecule has 1 aromatic carbocycles. The topological polar surface area (TPSA) is 92.8 Å². The van der Waals surface area contributed by atoms with E-state index >= 15 is 0 Å². The van der Waals surface area contributed by atoms with Gasteiger partial charge < -0.3 is 10.1 Å². The number of carbonyl (C=O) groups is 4. The van der Waals surface area contributed by atoms with E-state index in [0.29, 0.717) is 12.8 Å². The minimum absolute atomic E-state index is 0.00517. The lowest BCUT2D eigenvalue weighted by molar-refractivity contribution is -0.148. The third-order valence-electron chi connectivity index (χ3n) is 4.98. The van der Waals surface area contributed by atoms with Crippen molar-refractivity contribution in [2.24, 2.45) is 11.8 Å². The summed E-state index contributed by atoms with van der Waals surface area (Å²) in [6.07, 6.45) is 3.13. The molecule has 144 valence electrons. The lowest BCUT2D eigenvalue weighted by atomic mass is 9.81. The Bertz CT molecular complexity index is 742. The number of rotatable bonds is 6. The standard InChI is InChI=1S/C19H21FN2O5/c20-14-7-3-4-8-15(14)21-16(23)11-27-17(24)9-10-22-18(25)12-5-1-2-6-13(12)19(22)26/h3-4,7-8,12-13H,1-2,5-6,9-11H2,(H,21,23)/t12-,13-/m0/s1. The van der Waals surface area contributed by atoms with Crippen molar-refractivity contribution in [3.8, 4) is 0 Å². The fourth-order valence-corrected chi connectivity index (χ4v) is 3.62. The van der Waals surface area contributed by atoms with Crippen LogP contribution in [0.4, 0.5) is 10.1 Å². The number of halogens is 1. The van der Waals surface area contributed by atoms with Gasteiger partial charge in [-0.2, -0.15) is 0 Å². The minimum atomic E-state index is -0.700. The second kappa shape index (κ2) is 8.28. The molecule has 1 saturated carbocycles. The molecule has 1 heterocycles. The van der Waals surface area contributed by atoms with E-state index in [1.54, 1.807) is 6.07 Å². The number of anilines is 1. The summed E-state index contributed by atoms with van der Waals surface area (Å²) in [5, 5.41) is 2.30. The molecular formula is C19H21FN2O5. The summed E-state index contributed by atoms with van der Waals surface area (Å²) in [6.45, 7) is -0.612. The molecule has 2 atom stereocenters. The number of ether oxygens (including phenoxy) is 1. The SMILES string of the molecule is O=C(COC(=O)CCN1C(=O)[C@H]2CCCC[C@@H]2C1=O)Nc1ccccc1F. The first-order valence-electron chi connectivity index (χ1n) is 9.02. The van der Waals surface area contributed by atoms with Gasteiger partial charge in [0.15, 0.2) is 6.61 Å². The van der Waals surface area contributed by atoms with Gasteiger partial charge in [0.05, 0.1) is 23.9 Å². The maximum atomic E-state index is 13.4. The van der Waals surface area contributed by atoms with E-state index in [1.165, 1.54) is 18.2 Å². The number of benzene rings is 1. The summed E-state index contributed by atoms with van der Waals surface area (Å²) >= 11 is 0. The second-order valence-electron chi connectivity index (χ2n) is 6.76. The highest BCUT2D eigenvalue weighted by Crippen LogP contribution is 2.37. The van der Waals surface area contributed by atoms with Crippen LogP contribution in [0, 0.1) is 17.7 Å². The Hall–Kier alpha value is -2.77. The van der Waals surface area contributed by atoms with Crippen LogP contribution in [0.2, 0.25) is 0 Å². The van der Waals surface area contributed by atoms with Crippen LogP contribution in [0.3, 0.4) is 0 Å². The van der Waals surface area contributed by atoms with Gasteiger partial charge in [-0.15, -0.1) is 0 Å². The largest absolute Gasteiger partial charge is 0.456 e. The van der Waals surface area contributed by atoms with Crippen LogP contribution >= 0.6 is 0 Å². The fraction of sp³-hybridized carbons (Fsp3) is 0.474. The number of para-hydroxylation sites is 1. The third-order valence-corrected chi connectivity index (χ3v) is 4.98. The van der Waals surface area contributed by atoms with Gasteiger partial charge in [0.2, 0.25) is 11.8 Å². The first kappa shape index (κ1) is 19.0. The van der Waals surface area contributed by atoms with E-state index in [0.717, 1.165) is 17.7 Å². The number of likely N-dealkylation sites (tertiary alicyclic amines) is 1. The predicted octanol–water partition coefficient (Wildman–Crippen LogP) is 1.87. The highest BCUT2D eigenvalue weighted by molar-refractivity contribution is 6.05. The molecule has 3 rings (SSSR count). The molecule has 0 bridgehead atoms. The molecule has 2 fully saturated rings. The van der Waals surface area contributed by atoms with Crippen molar-refractivity contribution in [1.29, 1.82) is 0 Å². The summed E-state index contributed by atoms with van der Waals surface area (Å²) < 4.78 is 18.3. The maximum Gasteiger partial charge on any atom is 0.308 e. The van der Waals surface area contributed by atoms with Crippen molar-refractivity contribution >= 4 is 29.4 Å². The Morgan fingerprint density at radius 3 is 2.37 bits per heavy atom. The Morgan fingerprint density at radius 1 is 1.11 bits per heavy atom. The lowest BCUT2D eigenvalue weighted by Gasteiger charge is -2.19. The highest BCUT2D eigenvalue weighted by atomic mass is 19.1. The average Bonchev–Trinajstić information content (AvgIpc) is 2.91. The predicted molar refractivity (Wildman–Crippen MR) is 92.8 cm³/mol. The number of hydrogen-bond acceptors (Lipinski definition) is 5. The number of nitrogens with one attached hydrogen (secondary N) is 1. The highest BCUT2D eigenvalue weighted by Gasteiger charge is 2.47. The van der Waals surface area contributed by atoms with Crippen LogP contribution in [0.25, 0.3) is 0 Å². The molecule has 1 aliphatic heterocycles. The van der Waals surface area contributed by atoms with Crippen molar-refractivity contribution < 1.29 is 28.3 Å². The summed E-state index contributed by atoms with van der Waals surface area (Å²) in [6, 6.07) is 5.64. The number of hydrogen-bond donors (Lipinski definition) is 1. The van der Waals surface area contributed by atoms with Gasteiger partial charge in [0.1, 0.15) is 5.82 Å². The van der Waals surface area contributed by atoms with Crippen molar-refractivity contribution in [3.63, 3.8) is 0 Å². The molecule has 0 aromatic heterocycles. The van der Waals surface area contributed by atoms with Crippen molar-refractivity contribution in [2.75, 3.05) is 18.5 Å². The maximum absolute atomic E-state index is 13.4. The van der Waals surface area contributed by atoms with E-state index in [2.05, 4.69) is 5.32 Å². The molecular weight excluding hydrogens is 355 g/mol. The number of carbonyl (C=O) groups excluding carboxylic acids is 4. The van der Waals surface area contributed by atoms with Gasteiger partial charge in [0, 0.05) is 6.54 Å². The van der Waals surface area contributed by atoms with E-state index in [9.17, 15) is 23.6 Å². The number of nitrogens with zero attached hydrogens (tertiary/aromatic N) is 1. The van der Waals surface area contributed by atoms with Crippen molar-refractivity contribution in [3.05, 3.63) is 30.1 Å². The summed E-state index contributed by atoms with van der Waals surface area (Å²) in [5.74, 6) is -2.90. The molecule has 3 amide bonds. The molecule has 1 aliphatic carbocycles. The third kappa shape index (κ3) is 4.32. The fourth-order valence-electron chi connectivity index (χ4n) is 3.62. The summed E-state index contributed by atoms with van der Waals surface area (Å²) in [4.78, 5) is 49.3. The molecule has 27 heavy (non-hydrogen) atoms. The summed E-state index contributed by atoms with van der Waals surface area (Å²) in [5.41, 5.74) is -0.00517. The van der Waals surface area contributed by atoms with E-state index < -0.39 is 24.3 Å². The molecule has 1 aromatic rings. The van der Waals surface area contributed by atoms with Crippen LogP contribution in [0.1, 0.15) is 32.1 Å². The lowest BCUT2D eigenvalue weighted by Crippen LogP contribution is -2.33. The Balaban J connectivity index is 1.43. The van der Waals surface area contributed by atoms with Crippen LogP contribution in [-0.4, -0.2) is 41.7 Å². The quantitative estimate of drug-likeness (QED) is 0.604. The zero-order valence-electron chi connectivity index (χ0n) is 14.8. The molecule has 0 radical (unpaired) electrons. The van der Waals surface area contributed by atoms with Gasteiger partial charge in [0.25, 0.3) is 5.91 Å². The monoisotopic (exact) mass is 376 g/mol. The Kier molecular flexibility index (Phi) is 5.83. The van der Waals surface area contributed by atoms with Crippen LogP contribution < -0.4 is 5.32 Å². The molecule has 0 unspecified atom stereocenters. The molecule has 0 spiro atoms. The average molecular weight is 376 g/mol.